The van der Waals surface area contributed by atoms with E-state index in [2.05, 4.69) is 70.2 Å². The van der Waals surface area contributed by atoms with Gasteiger partial charge in [0.25, 0.3) is 0 Å². The molecule has 1 saturated carbocycles. The van der Waals surface area contributed by atoms with Crippen LogP contribution in [0.3, 0.4) is 0 Å². The highest BCUT2D eigenvalue weighted by Crippen LogP contribution is 2.56. The first-order valence-electron chi connectivity index (χ1n) is 23.9. The molecule has 4 aromatic rings. The van der Waals surface area contributed by atoms with E-state index in [1.54, 1.807) is 4.90 Å². The lowest BCUT2D eigenvalue weighted by Gasteiger charge is -2.31. The minimum Gasteiger partial charge on any atom is -0.453 e. The molecule has 6 aliphatic rings. The zero-order valence-electron chi connectivity index (χ0n) is 39.2. The van der Waals surface area contributed by atoms with Crippen molar-refractivity contribution in [3.05, 3.63) is 83.3 Å². The number of likely N-dealkylation sites (tertiary alicyclic amines) is 2. The summed E-state index contributed by atoms with van der Waals surface area (Å²) < 4.78 is 21.9. The molecule has 3 aromatic carbocycles. The third-order valence-corrected chi connectivity index (χ3v) is 15.2. The highest BCUT2D eigenvalue weighted by atomic mass is 16.7. The molecule has 4 aliphatic heterocycles. The molecular formula is C52H61N7O8. The molecule has 10 rings (SSSR count). The summed E-state index contributed by atoms with van der Waals surface area (Å²) in [6.07, 6.45) is 6.85. The Bertz CT molecular complexity index is 2660. The second kappa shape index (κ2) is 17.9. The molecule has 0 bridgehead atoms. The van der Waals surface area contributed by atoms with Gasteiger partial charge in [0.05, 0.1) is 57.1 Å². The number of ether oxygens (including phenoxy) is 4. The average molecular weight is 912 g/mol. The molecule has 15 heteroatoms. The maximum atomic E-state index is 14.1. The number of hydrogen-bond donors (Lipinski definition) is 3. The minimum atomic E-state index is -0.893. The van der Waals surface area contributed by atoms with E-state index in [-0.39, 0.29) is 42.3 Å². The summed E-state index contributed by atoms with van der Waals surface area (Å²) in [6, 6.07) is 17.8. The predicted molar refractivity (Wildman–Crippen MR) is 253 cm³/mol. The summed E-state index contributed by atoms with van der Waals surface area (Å²) >= 11 is 0. The summed E-state index contributed by atoms with van der Waals surface area (Å²) in [5.74, 6) is 0.453. The van der Waals surface area contributed by atoms with Crippen LogP contribution in [0.4, 0.5) is 9.59 Å². The molecule has 5 heterocycles. The van der Waals surface area contributed by atoms with Crippen molar-refractivity contribution in [1.82, 2.24) is 30.4 Å². The van der Waals surface area contributed by atoms with E-state index in [0.717, 1.165) is 58.5 Å². The second-order valence-electron chi connectivity index (χ2n) is 19.8. The van der Waals surface area contributed by atoms with Crippen molar-refractivity contribution in [3.63, 3.8) is 0 Å². The van der Waals surface area contributed by atoms with E-state index >= 15 is 0 Å². The fourth-order valence-corrected chi connectivity index (χ4v) is 11.5. The zero-order chi connectivity index (χ0) is 46.7. The number of amides is 4. The number of nitrogens with one attached hydrogen (secondary N) is 3. The van der Waals surface area contributed by atoms with Crippen LogP contribution in [0, 0.1) is 17.8 Å². The Morgan fingerprint density at radius 3 is 2.10 bits per heavy atom. The molecule has 15 nitrogen and oxygen atoms in total. The lowest BCUT2D eigenvalue weighted by Crippen LogP contribution is -2.54. The highest BCUT2D eigenvalue weighted by molar-refractivity contribution is 6.04. The number of fused-ring (bicyclic) bond motifs is 4. The van der Waals surface area contributed by atoms with Crippen LogP contribution in [-0.2, 0) is 35.0 Å². The first-order valence-corrected chi connectivity index (χ1v) is 23.9. The number of aromatic nitrogens is 2. The van der Waals surface area contributed by atoms with E-state index < -0.39 is 30.1 Å². The van der Waals surface area contributed by atoms with Gasteiger partial charge in [-0.3, -0.25) is 14.6 Å². The lowest BCUT2D eigenvalue weighted by atomic mass is 9.73. The molecular weight excluding hydrogens is 851 g/mol. The van der Waals surface area contributed by atoms with Crippen molar-refractivity contribution in [2.75, 3.05) is 40.5 Å². The third-order valence-electron chi connectivity index (χ3n) is 15.2. The summed E-state index contributed by atoms with van der Waals surface area (Å²) in [5, 5.41) is 5.48. The van der Waals surface area contributed by atoms with Crippen molar-refractivity contribution in [2.45, 2.75) is 109 Å². The fraction of sp³-hybridized carbons (Fsp3) is 0.500. The molecule has 4 amide bonds. The van der Waals surface area contributed by atoms with Crippen LogP contribution < -0.4 is 10.6 Å². The van der Waals surface area contributed by atoms with Gasteiger partial charge in [0, 0.05) is 31.3 Å². The number of hydrogen-bond acceptors (Lipinski definition) is 10. The summed E-state index contributed by atoms with van der Waals surface area (Å²) in [5.41, 5.74) is 12.6. The van der Waals surface area contributed by atoms with Gasteiger partial charge in [-0.1, -0.05) is 70.2 Å². The number of imidazole rings is 1. The van der Waals surface area contributed by atoms with Crippen LogP contribution in [-0.4, -0.2) is 114 Å². The van der Waals surface area contributed by atoms with Gasteiger partial charge >= 0.3 is 12.2 Å². The summed E-state index contributed by atoms with van der Waals surface area (Å²) in [4.78, 5) is 69.4. The Morgan fingerprint density at radius 1 is 0.791 bits per heavy atom. The SMILES string of the molecule is COC(=O)N[C@H](C(=O)N1CCC[C@H]1c1nc2ccc(-c3ccc(-c4ccc(C5=CN=C([C@@H]6CC7(CN6C(=O)[C@H](NC(=O)OC)C(C)C)OCCO7)C5)cc4)c4c3CC3CCC43)cc2[nH]1)C(C)C. The van der Waals surface area contributed by atoms with Gasteiger partial charge in [0.2, 0.25) is 11.8 Å². The van der Waals surface area contributed by atoms with Crippen molar-refractivity contribution < 1.29 is 38.1 Å². The van der Waals surface area contributed by atoms with Gasteiger partial charge in [-0.2, -0.15) is 0 Å². The minimum absolute atomic E-state index is 0.108. The van der Waals surface area contributed by atoms with E-state index in [0.29, 0.717) is 44.4 Å². The first kappa shape index (κ1) is 44.8. The molecule has 3 saturated heterocycles. The lowest BCUT2D eigenvalue weighted by molar-refractivity contribution is -0.153. The highest BCUT2D eigenvalue weighted by Gasteiger charge is 2.53. The fourth-order valence-electron chi connectivity index (χ4n) is 11.5. The predicted octanol–water partition coefficient (Wildman–Crippen LogP) is 7.90. The maximum Gasteiger partial charge on any atom is 0.407 e. The molecule has 6 atom stereocenters. The van der Waals surface area contributed by atoms with E-state index in [1.807, 2.05) is 38.8 Å². The van der Waals surface area contributed by atoms with Gasteiger partial charge in [0.15, 0.2) is 5.79 Å². The van der Waals surface area contributed by atoms with Crippen LogP contribution in [0.1, 0.15) is 101 Å². The smallest absolute Gasteiger partial charge is 0.407 e. The van der Waals surface area contributed by atoms with E-state index in [4.69, 9.17) is 28.9 Å². The van der Waals surface area contributed by atoms with Gasteiger partial charge in [-0.15, -0.1) is 0 Å². The van der Waals surface area contributed by atoms with E-state index in [9.17, 15) is 19.2 Å². The number of alkyl carbamates (subject to hydrolysis) is 2. The quantitative estimate of drug-likeness (QED) is 0.135. The maximum absolute atomic E-state index is 14.1. The molecule has 4 fully saturated rings. The first-order chi connectivity index (χ1) is 32.3. The number of nitrogens with zero attached hydrogens (tertiary/aromatic N) is 4. The van der Waals surface area contributed by atoms with Crippen molar-refractivity contribution in [3.8, 4) is 22.3 Å². The molecule has 67 heavy (non-hydrogen) atoms. The van der Waals surface area contributed by atoms with Gasteiger partial charge in [0.1, 0.15) is 17.9 Å². The van der Waals surface area contributed by atoms with Crippen LogP contribution in [0.25, 0.3) is 38.9 Å². The molecule has 1 spiro atoms. The molecule has 2 aliphatic carbocycles. The number of rotatable bonds is 11. The van der Waals surface area contributed by atoms with E-state index in [1.165, 1.54) is 54.9 Å². The largest absolute Gasteiger partial charge is 0.453 e. The second-order valence-corrected chi connectivity index (χ2v) is 19.8. The van der Waals surface area contributed by atoms with Gasteiger partial charge in [-0.05, 0) is 112 Å². The third kappa shape index (κ3) is 8.17. The number of allylic oxidation sites excluding steroid dienone is 1. The van der Waals surface area contributed by atoms with Crippen LogP contribution in [0.15, 0.2) is 65.8 Å². The summed E-state index contributed by atoms with van der Waals surface area (Å²) in [7, 11) is 2.60. The zero-order valence-corrected chi connectivity index (χ0v) is 39.2. The van der Waals surface area contributed by atoms with Crippen LogP contribution >= 0.6 is 0 Å². The number of carbonyl (C=O) groups is 4. The van der Waals surface area contributed by atoms with Gasteiger partial charge < -0.3 is 44.4 Å². The number of methoxy groups -OCH3 is 2. The topological polar surface area (TPSA) is 177 Å². The van der Waals surface area contributed by atoms with Crippen molar-refractivity contribution >= 4 is 46.3 Å². The molecule has 3 N–H and O–H groups in total. The Morgan fingerprint density at radius 2 is 1.45 bits per heavy atom. The molecule has 352 valence electrons. The summed E-state index contributed by atoms with van der Waals surface area (Å²) in [6.45, 7) is 9.43. The molecule has 1 aromatic heterocycles. The Balaban J connectivity index is 0.870. The van der Waals surface area contributed by atoms with Crippen molar-refractivity contribution in [1.29, 1.82) is 0 Å². The monoisotopic (exact) mass is 911 g/mol. The molecule has 2 unspecified atom stereocenters. The van der Waals surface area contributed by atoms with Crippen molar-refractivity contribution in [2.24, 2.45) is 22.7 Å². The Labute approximate surface area is 391 Å². The van der Waals surface area contributed by atoms with Crippen LogP contribution in [0.2, 0.25) is 0 Å². The number of aliphatic imine (C=N–C) groups is 1. The number of H-pyrrole nitrogens is 1. The number of aromatic amines is 1. The van der Waals surface area contributed by atoms with Gasteiger partial charge in [-0.25, -0.2) is 14.6 Å². The molecule has 0 radical (unpaired) electrons. The number of benzene rings is 3. The Hall–Kier alpha value is -6.06. The van der Waals surface area contributed by atoms with Crippen LogP contribution in [0.5, 0.6) is 0 Å². The number of carbonyl (C=O) groups excluding carboxylic acids is 4. The standard InChI is InChI=1S/C52H61N7O8/c1-28(2)45(56-50(62)64-5)48(60)58-19-7-8-42(58)47-54-39-18-14-33(23-40(39)55-47)35-16-17-36(44-37-15-13-32(37)22-38(35)44)31-11-9-30(10-12-31)34-24-41(53-26-34)43-25-52(66-20-21-67-52)27-59(43)49(61)46(29(3)4)57-51(63)65-6/h9-12,14,16-18,23,26,28-29,32,37,42-43,45-46H,7-8,13,15,19-22,24-25,27H2,1-6H3,(H,54,55)(H,56,62)(H,57,63)/t32?,37?,42-,43-,45-,46+/m0/s1. The Kier molecular flexibility index (Phi) is 11.9. The normalized spacial score (nSPS) is 23.5. The average Bonchev–Trinajstić information content (AvgIpc) is 4.19.